The average molecular weight is 520 g/mol. The number of primary amides is 1. The number of nitrogen functional groups attached to an aromatic ring is 1. The zero-order valence-corrected chi connectivity index (χ0v) is 22.1. The fourth-order valence-electron chi connectivity index (χ4n) is 5.82. The zero-order valence-electron chi connectivity index (χ0n) is 22.1. The molecule has 3 heterocycles. The van der Waals surface area contributed by atoms with Gasteiger partial charge in [-0.15, -0.1) is 0 Å². The Balaban J connectivity index is 1.29. The minimum Gasteiger partial charge on any atom is -0.382 e. The summed E-state index contributed by atoms with van der Waals surface area (Å²) in [5, 5.41) is 1.07. The topological polar surface area (TPSA) is 115 Å². The number of benzene rings is 2. The molecule has 0 spiro atoms. The van der Waals surface area contributed by atoms with Gasteiger partial charge in [0.2, 0.25) is 0 Å². The predicted molar refractivity (Wildman–Crippen MR) is 155 cm³/mol. The fourth-order valence-corrected chi connectivity index (χ4v) is 5.82. The summed E-state index contributed by atoms with van der Waals surface area (Å²) in [7, 11) is 0. The smallest absolute Gasteiger partial charge is 0.314 e. The molecule has 0 saturated heterocycles. The third-order valence-corrected chi connectivity index (χ3v) is 8.02. The Hall–Kier alpha value is -4.46. The number of hydrogen-bond acceptors (Lipinski definition) is 5. The molecule has 39 heavy (non-hydrogen) atoms. The quantitative estimate of drug-likeness (QED) is 0.291. The Bertz CT molecular complexity index is 1640. The lowest BCUT2D eigenvalue weighted by Gasteiger charge is -2.31. The second-order valence-electron chi connectivity index (χ2n) is 10.4. The molecule has 6 rings (SSSR count). The maximum absolute atomic E-state index is 11.6. The molecule has 0 bridgehead atoms. The number of hydrogen-bond donors (Lipinski definition) is 2. The molecule has 1 aliphatic carbocycles. The van der Waals surface area contributed by atoms with Gasteiger partial charge in [-0.1, -0.05) is 48.5 Å². The second-order valence-corrected chi connectivity index (χ2v) is 10.4. The molecule has 0 aliphatic heterocycles. The molecule has 2 aromatic carbocycles. The number of nitrogens with two attached hydrogens (primary N) is 2. The van der Waals surface area contributed by atoms with Crippen LogP contribution in [0.15, 0.2) is 73.1 Å². The van der Waals surface area contributed by atoms with Crippen molar-refractivity contribution >= 4 is 28.3 Å². The summed E-state index contributed by atoms with van der Waals surface area (Å²) >= 11 is 0. The number of rotatable bonds is 6. The van der Waals surface area contributed by atoms with Gasteiger partial charge >= 0.3 is 6.03 Å². The third-order valence-electron chi connectivity index (χ3n) is 8.02. The van der Waals surface area contributed by atoms with E-state index >= 15 is 0 Å². The number of urea groups is 1. The summed E-state index contributed by atoms with van der Waals surface area (Å²) in [5.74, 6) is 2.28. The van der Waals surface area contributed by atoms with Crippen molar-refractivity contribution in [2.24, 2.45) is 11.7 Å². The standard InChI is InChI=1S/C31H33N7O/c1-2-37(31(33)39)18-20-8-10-23(11-9-20)30-34-17-28-29(32)36-27(19-38(28)30)24-13-12-22-14-15-25(35-26(22)16-24)21-6-4-3-5-7-21/h3-7,12-17,19-20,23H,2,8-11,18H2,1H3,(H2,32,36)(H2,33,39). The number of amides is 2. The molecule has 0 radical (unpaired) electrons. The highest BCUT2D eigenvalue weighted by molar-refractivity contribution is 5.86. The van der Waals surface area contributed by atoms with Crippen LogP contribution in [0.4, 0.5) is 10.6 Å². The number of carbonyl (C=O) groups excluding carboxylic acids is 1. The molecule has 198 valence electrons. The van der Waals surface area contributed by atoms with Crippen molar-refractivity contribution in [2.45, 2.75) is 38.5 Å². The van der Waals surface area contributed by atoms with E-state index in [1.807, 2.05) is 37.5 Å². The van der Waals surface area contributed by atoms with E-state index in [4.69, 9.17) is 26.4 Å². The summed E-state index contributed by atoms with van der Waals surface area (Å²) in [6.45, 7) is 3.34. The number of aromatic nitrogens is 4. The molecule has 0 atom stereocenters. The Morgan fingerprint density at radius 1 is 0.974 bits per heavy atom. The van der Waals surface area contributed by atoms with E-state index in [-0.39, 0.29) is 6.03 Å². The van der Waals surface area contributed by atoms with Crippen molar-refractivity contribution in [1.29, 1.82) is 0 Å². The maximum atomic E-state index is 11.6. The number of carbonyl (C=O) groups is 1. The molecule has 8 heteroatoms. The van der Waals surface area contributed by atoms with E-state index in [0.29, 0.717) is 24.2 Å². The number of anilines is 1. The molecule has 1 aliphatic rings. The summed E-state index contributed by atoms with van der Waals surface area (Å²) < 4.78 is 2.11. The molecule has 0 unspecified atom stereocenters. The lowest BCUT2D eigenvalue weighted by atomic mass is 9.81. The van der Waals surface area contributed by atoms with E-state index in [9.17, 15) is 4.79 Å². The van der Waals surface area contributed by atoms with Crippen molar-refractivity contribution in [2.75, 3.05) is 18.8 Å². The number of imidazole rings is 1. The minimum atomic E-state index is -0.338. The Morgan fingerprint density at radius 2 is 1.74 bits per heavy atom. The van der Waals surface area contributed by atoms with E-state index in [0.717, 1.165) is 77.0 Å². The van der Waals surface area contributed by atoms with Gasteiger partial charge in [0.1, 0.15) is 17.2 Å². The minimum absolute atomic E-state index is 0.328. The second kappa shape index (κ2) is 10.4. The SMILES string of the molecule is CCN(CC1CCC(c2ncc3c(N)nc(-c4ccc5ccc(-c6ccccc6)nc5c4)cn23)CC1)C(N)=O. The first kappa shape index (κ1) is 24.9. The van der Waals surface area contributed by atoms with Gasteiger partial charge in [0, 0.05) is 41.7 Å². The normalized spacial score (nSPS) is 17.5. The van der Waals surface area contributed by atoms with Crippen LogP contribution in [0.25, 0.3) is 38.9 Å². The first-order chi connectivity index (χ1) is 19.0. The Morgan fingerprint density at radius 3 is 2.49 bits per heavy atom. The van der Waals surface area contributed by atoms with Crippen LogP contribution in [0.2, 0.25) is 0 Å². The lowest BCUT2D eigenvalue weighted by Crippen LogP contribution is -2.39. The van der Waals surface area contributed by atoms with Gasteiger partial charge < -0.3 is 16.4 Å². The van der Waals surface area contributed by atoms with Crippen molar-refractivity contribution in [3.8, 4) is 22.5 Å². The molecular weight excluding hydrogens is 486 g/mol. The van der Waals surface area contributed by atoms with E-state index in [1.165, 1.54) is 0 Å². The van der Waals surface area contributed by atoms with Crippen LogP contribution in [0.3, 0.4) is 0 Å². The molecule has 2 amide bonds. The maximum Gasteiger partial charge on any atom is 0.314 e. The number of fused-ring (bicyclic) bond motifs is 2. The van der Waals surface area contributed by atoms with Crippen LogP contribution in [-0.2, 0) is 0 Å². The van der Waals surface area contributed by atoms with E-state index in [1.54, 1.807) is 4.90 Å². The van der Waals surface area contributed by atoms with Crippen LogP contribution < -0.4 is 11.5 Å². The highest BCUT2D eigenvalue weighted by Crippen LogP contribution is 2.37. The molecule has 5 aromatic rings. The first-order valence-corrected chi connectivity index (χ1v) is 13.6. The van der Waals surface area contributed by atoms with Crippen LogP contribution in [0.5, 0.6) is 0 Å². The van der Waals surface area contributed by atoms with Crippen LogP contribution in [-0.4, -0.2) is 43.4 Å². The fraction of sp³-hybridized carbons (Fsp3) is 0.290. The molecule has 4 N–H and O–H groups in total. The van der Waals surface area contributed by atoms with Gasteiger partial charge in [-0.2, -0.15) is 0 Å². The van der Waals surface area contributed by atoms with E-state index in [2.05, 4.69) is 46.9 Å². The predicted octanol–water partition coefficient (Wildman–Crippen LogP) is 5.87. The third kappa shape index (κ3) is 4.90. The summed E-state index contributed by atoms with van der Waals surface area (Å²) in [5.41, 5.74) is 17.5. The molecular formula is C31H33N7O. The Kier molecular flexibility index (Phi) is 6.60. The van der Waals surface area contributed by atoms with Gasteiger partial charge in [0.05, 0.1) is 23.1 Å². The van der Waals surface area contributed by atoms with Crippen molar-refractivity contribution in [1.82, 2.24) is 24.3 Å². The summed E-state index contributed by atoms with van der Waals surface area (Å²) in [6.07, 6.45) is 7.98. The number of pyridine rings is 1. The average Bonchev–Trinajstić information content (AvgIpc) is 3.40. The van der Waals surface area contributed by atoms with Gasteiger partial charge in [-0.25, -0.2) is 19.7 Å². The van der Waals surface area contributed by atoms with Gasteiger partial charge in [-0.05, 0) is 50.7 Å². The van der Waals surface area contributed by atoms with Gasteiger partial charge in [-0.3, -0.25) is 4.40 Å². The highest BCUT2D eigenvalue weighted by Gasteiger charge is 2.27. The molecule has 1 fully saturated rings. The zero-order chi connectivity index (χ0) is 26.9. The monoisotopic (exact) mass is 519 g/mol. The van der Waals surface area contributed by atoms with Crippen LogP contribution in [0.1, 0.15) is 44.3 Å². The van der Waals surface area contributed by atoms with Crippen molar-refractivity contribution in [3.63, 3.8) is 0 Å². The summed E-state index contributed by atoms with van der Waals surface area (Å²) in [4.78, 5) is 27.8. The molecule has 1 saturated carbocycles. The Labute approximate surface area is 227 Å². The highest BCUT2D eigenvalue weighted by atomic mass is 16.2. The van der Waals surface area contributed by atoms with E-state index < -0.39 is 0 Å². The largest absolute Gasteiger partial charge is 0.382 e. The van der Waals surface area contributed by atoms with Gasteiger partial charge in [0.15, 0.2) is 0 Å². The molecule has 8 nitrogen and oxygen atoms in total. The van der Waals surface area contributed by atoms with Crippen molar-refractivity contribution < 1.29 is 4.79 Å². The van der Waals surface area contributed by atoms with Crippen LogP contribution in [0, 0.1) is 5.92 Å². The summed E-state index contributed by atoms with van der Waals surface area (Å²) in [6, 6.07) is 20.2. The van der Waals surface area contributed by atoms with Crippen molar-refractivity contribution in [3.05, 3.63) is 78.9 Å². The molecule has 3 aromatic heterocycles. The van der Waals surface area contributed by atoms with Gasteiger partial charge in [0.25, 0.3) is 0 Å². The number of nitrogens with zero attached hydrogens (tertiary/aromatic N) is 5. The lowest BCUT2D eigenvalue weighted by molar-refractivity contribution is 0.187. The van der Waals surface area contributed by atoms with Crippen LogP contribution >= 0.6 is 0 Å². The first-order valence-electron chi connectivity index (χ1n) is 13.6.